The van der Waals surface area contributed by atoms with Crippen LogP contribution in [-0.4, -0.2) is 56.6 Å². The third-order valence-corrected chi connectivity index (χ3v) is 2.78. The van der Waals surface area contributed by atoms with Crippen LogP contribution in [0.3, 0.4) is 0 Å². The lowest BCUT2D eigenvalue weighted by molar-refractivity contribution is 0.0696. The van der Waals surface area contributed by atoms with E-state index in [-0.39, 0.29) is 5.56 Å². The molecule has 1 rings (SSSR count). The predicted molar refractivity (Wildman–Crippen MR) is 71.9 cm³/mol. The van der Waals surface area contributed by atoms with Gasteiger partial charge in [0.25, 0.3) is 0 Å². The minimum Gasteiger partial charge on any atom is -0.478 e. The number of nitrogens with zero attached hydrogens (tertiary/aromatic N) is 2. The summed E-state index contributed by atoms with van der Waals surface area (Å²) in [5.74, 6) is -0.512. The zero-order valence-corrected chi connectivity index (χ0v) is 11.5. The fourth-order valence-corrected chi connectivity index (χ4v) is 1.77. The Hall–Kier alpha value is -1.66. The van der Waals surface area contributed by atoms with Gasteiger partial charge in [-0.2, -0.15) is 0 Å². The fourth-order valence-electron chi connectivity index (χ4n) is 1.77. The first-order chi connectivity index (χ1) is 9.11. The van der Waals surface area contributed by atoms with Crippen LogP contribution in [0.5, 0.6) is 0 Å². The van der Waals surface area contributed by atoms with Gasteiger partial charge >= 0.3 is 5.97 Å². The number of aromatic carboxylic acids is 1. The van der Waals surface area contributed by atoms with E-state index < -0.39 is 5.97 Å². The molecule has 19 heavy (non-hydrogen) atoms. The zero-order valence-electron chi connectivity index (χ0n) is 11.5. The van der Waals surface area contributed by atoms with Crippen LogP contribution < -0.4 is 4.90 Å². The molecule has 1 aromatic rings. The molecule has 0 aromatic carbocycles. The highest BCUT2D eigenvalue weighted by Crippen LogP contribution is 2.20. The van der Waals surface area contributed by atoms with E-state index in [9.17, 15) is 9.90 Å². The number of ether oxygens (including phenoxy) is 2. The second-order valence-corrected chi connectivity index (χ2v) is 4.10. The average Bonchev–Trinajstić information content (AvgIpc) is 2.38. The Morgan fingerprint density at radius 1 is 1.32 bits per heavy atom. The molecular weight excluding hydrogens is 248 g/mol. The van der Waals surface area contributed by atoms with Gasteiger partial charge in [-0.05, 0) is 18.6 Å². The maximum absolute atomic E-state index is 11.4. The number of methoxy groups -OCH3 is 2. The Morgan fingerprint density at radius 2 is 1.89 bits per heavy atom. The molecule has 1 aromatic heterocycles. The maximum Gasteiger partial charge on any atom is 0.339 e. The summed E-state index contributed by atoms with van der Waals surface area (Å²) in [6, 6.07) is 1.69. The average molecular weight is 268 g/mol. The SMILES string of the molecule is COCCN(CCOC)c1nccc(C)c1C(=O)O. The van der Waals surface area contributed by atoms with Gasteiger partial charge in [-0.3, -0.25) is 0 Å². The molecule has 0 aliphatic rings. The monoisotopic (exact) mass is 268 g/mol. The van der Waals surface area contributed by atoms with Gasteiger partial charge in [-0.1, -0.05) is 0 Å². The Balaban J connectivity index is 3.06. The smallest absolute Gasteiger partial charge is 0.339 e. The van der Waals surface area contributed by atoms with Gasteiger partial charge < -0.3 is 19.5 Å². The molecule has 0 atom stereocenters. The quantitative estimate of drug-likeness (QED) is 0.763. The number of carboxylic acids is 1. The molecule has 0 unspecified atom stereocenters. The van der Waals surface area contributed by atoms with Gasteiger partial charge in [0, 0.05) is 33.5 Å². The van der Waals surface area contributed by atoms with Crippen LogP contribution in [0.1, 0.15) is 15.9 Å². The number of anilines is 1. The normalized spacial score (nSPS) is 10.5. The van der Waals surface area contributed by atoms with E-state index in [0.29, 0.717) is 37.7 Å². The second kappa shape index (κ2) is 7.70. The van der Waals surface area contributed by atoms with Crippen LogP contribution in [0, 0.1) is 6.92 Å². The number of aromatic nitrogens is 1. The van der Waals surface area contributed by atoms with Gasteiger partial charge in [0.15, 0.2) is 0 Å². The van der Waals surface area contributed by atoms with E-state index in [4.69, 9.17) is 9.47 Å². The lowest BCUT2D eigenvalue weighted by atomic mass is 10.1. The summed E-state index contributed by atoms with van der Waals surface area (Å²) in [4.78, 5) is 17.4. The highest BCUT2D eigenvalue weighted by Gasteiger charge is 2.19. The van der Waals surface area contributed by atoms with Crippen LogP contribution >= 0.6 is 0 Å². The van der Waals surface area contributed by atoms with E-state index in [1.165, 1.54) is 0 Å². The van der Waals surface area contributed by atoms with Crippen molar-refractivity contribution in [2.45, 2.75) is 6.92 Å². The van der Waals surface area contributed by atoms with Crippen molar-refractivity contribution in [1.29, 1.82) is 0 Å². The topological polar surface area (TPSA) is 71.9 Å². The molecule has 0 fully saturated rings. The molecule has 1 N–H and O–H groups in total. The first kappa shape index (κ1) is 15.4. The Labute approximate surface area is 113 Å². The van der Waals surface area contributed by atoms with Crippen molar-refractivity contribution in [3.8, 4) is 0 Å². The standard InChI is InChI=1S/C13H20N2O4/c1-10-4-5-14-12(11(10)13(16)17)15(6-8-18-2)7-9-19-3/h4-5H,6-9H2,1-3H3,(H,16,17). The minimum absolute atomic E-state index is 0.231. The highest BCUT2D eigenvalue weighted by molar-refractivity contribution is 5.94. The molecule has 0 saturated heterocycles. The molecule has 0 bridgehead atoms. The first-order valence-electron chi connectivity index (χ1n) is 6.03. The van der Waals surface area contributed by atoms with Crippen LogP contribution in [-0.2, 0) is 9.47 Å². The number of hydrogen-bond acceptors (Lipinski definition) is 5. The second-order valence-electron chi connectivity index (χ2n) is 4.10. The summed E-state index contributed by atoms with van der Waals surface area (Å²) in [5.41, 5.74) is 0.923. The van der Waals surface area contributed by atoms with Crippen molar-refractivity contribution in [1.82, 2.24) is 4.98 Å². The molecule has 0 amide bonds. The van der Waals surface area contributed by atoms with Gasteiger partial charge in [0.1, 0.15) is 11.4 Å². The number of rotatable bonds is 8. The minimum atomic E-state index is -0.972. The first-order valence-corrected chi connectivity index (χ1v) is 6.03. The molecule has 0 spiro atoms. The fraction of sp³-hybridized carbons (Fsp3) is 0.538. The molecule has 1 heterocycles. The van der Waals surface area contributed by atoms with Gasteiger partial charge in [-0.15, -0.1) is 0 Å². The molecule has 0 radical (unpaired) electrons. The number of carbonyl (C=O) groups is 1. The van der Waals surface area contributed by atoms with Gasteiger partial charge in [0.05, 0.1) is 13.2 Å². The summed E-state index contributed by atoms with van der Waals surface area (Å²) in [6.07, 6.45) is 1.61. The van der Waals surface area contributed by atoms with E-state index in [1.54, 1.807) is 33.4 Å². The molecular formula is C13H20N2O4. The van der Waals surface area contributed by atoms with Crippen molar-refractivity contribution < 1.29 is 19.4 Å². The van der Waals surface area contributed by atoms with Gasteiger partial charge in [0.2, 0.25) is 0 Å². The lowest BCUT2D eigenvalue weighted by Gasteiger charge is -2.25. The van der Waals surface area contributed by atoms with Crippen LogP contribution in [0.15, 0.2) is 12.3 Å². The van der Waals surface area contributed by atoms with E-state index in [0.717, 1.165) is 0 Å². The number of carboxylic acid groups (broad SMARTS) is 1. The summed E-state index contributed by atoms with van der Waals surface area (Å²) in [5, 5.41) is 9.32. The van der Waals surface area contributed by atoms with Crippen molar-refractivity contribution in [2.24, 2.45) is 0 Å². The number of aryl methyl sites for hydroxylation is 1. The largest absolute Gasteiger partial charge is 0.478 e. The highest BCUT2D eigenvalue weighted by atomic mass is 16.5. The van der Waals surface area contributed by atoms with E-state index in [1.807, 2.05) is 4.90 Å². The van der Waals surface area contributed by atoms with Gasteiger partial charge in [-0.25, -0.2) is 9.78 Å². The zero-order chi connectivity index (χ0) is 14.3. The van der Waals surface area contributed by atoms with E-state index >= 15 is 0 Å². The third-order valence-electron chi connectivity index (χ3n) is 2.78. The van der Waals surface area contributed by atoms with E-state index in [2.05, 4.69) is 4.98 Å². The van der Waals surface area contributed by atoms with Crippen molar-refractivity contribution in [3.63, 3.8) is 0 Å². The summed E-state index contributed by atoms with van der Waals surface area (Å²) in [7, 11) is 3.21. The van der Waals surface area contributed by atoms with Crippen LogP contribution in [0.25, 0.3) is 0 Å². The predicted octanol–water partition coefficient (Wildman–Crippen LogP) is 1.19. The third kappa shape index (κ3) is 4.18. The number of pyridine rings is 1. The van der Waals surface area contributed by atoms with Crippen molar-refractivity contribution in [3.05, 3.63) is 23.4 Å². The maximum atomic E-state index is 11.4. The summed E-state index contributed by atoms with van der Waals surface area (Å²) < 4.78 is 10.1. The van der Waals surface area contributed by atoms with Crippen LogP contribution in [0.2, 0.25) is 0 Å². The Kier molecular flexibility index (Phi) is 6.24. The molecule has 106 valence electrons. The van der Waals surface area contributed by atoms with Crippen molar-refractivity contribution >= 4 is 11.8 Å². The molecule has 0 aliphatic carbocycles. The Bertz CT molecular complexity index is 415. The molecule has 6 heteroatoms. The lowest BCUT2D eigenvalue weighted by Crippen LogP contribution is -2.33. The van der Waals surface area contributed by atoms with Crippen LogP contribution in [0.4, 0.5) is 5.82 Å². The molecule has 6 nitrogen and oxygen atoms in total. The Morgan fingerprint density at radius 3 is 2.37 bits per heavy atom. The molecule has 0 saturated carbocycles. The number of hydrogen-bond donors (Lipinski definition) is 1. The summed E-state index contributed by atoms with van der Waals surface area (Å²) >= 11 is 0. The summed E-state index contributed by atoms with van der Waals surface area (Å²) in [6.45, 7) is 3.89. The molecule has 0 aliphatic heterocycles. The van der Waals surface area contributed by atoms with Crippen molar-refractivity contribution in [2.75, 3.05) is 45.4 Å².